The van der Waals surface area contributed by atoms with E-state index in [-0.39, 0.29) is 0 Å². The van der Waals surface area contributed by atoms with Crippen LogP contribution in [0.5, 0.6) is 23.0 Å². The van der Waals surface area contributed by atoms with E-state index in [9.17, 15) is 4.79 Å². The quantitative estimate of drug-likeness (QED) is 0.353. The summed E-state index contributed by atoms with van der Waals surface area (Å²) in [6.07, 6.45) is 6.89. The van der Waals surface area contributed by atoms with Crippen LogP contribution in [0.1, 0.15) is 23.6 Å². The lowest BCUT2D eigenvalue weighted by Gasteiger charge is -2.13. The van der Waals surface area contributed by atoms with E-state index in [1.54, 1.807) is 47.5 Å². The monoisotopic (exact) mass is 398 g/mol. The average molecular weight is 398 g/mol. The molecule has 0 saturated heterocycles. The zero-order chi connectivity index (χ0) is 21.2. The van der Waals surface area contributed by atoms with E-state index in [1.807, 2.05) is 36.4 Å². The van der Waals surface area contributed by atoms with Gasteiger partial charge in [-0.15, -0.1) is 0 Å². The Bertz CT molecular complexity index is 898. The summed E-state index contributed by atoms with van der Waals surface area (Å²) < 4.78 is 26.6. The molecule has 0 saturated carbocycles. The topological polar surface area (TPSA) is 63.2 Å². The number of methoxy groups -OCH3 is 4. The van der Waals surface area contributed by atoms with E-state index in [4.69, 9.17) is 23.7 Å². The molecule has 0 amide bonds. The Morgan fingerprint density at radius 2 is 1.52 bits per heavy atom. The fourth-order valence-corrected chi connectivity index (χ4v) is 2.77. The second-order valence-electron chi connectivity index (χ2n) is 5.84. The highest BCUT2D eigenvalue weighted by Crippen LogP contribution is 2.36. The SMILES string of the molecule is CCOC(=O)/C=C/c1ccc(OC)c(OC)c1/C=C/c1ccc(OC)c(OC)c1. The molecule has 0 aliphatic carbocycles. The van der Waals surface area contributed by atoms with Crippen molar-refractivity contribution in [2.24, 2.45) is 0 Å². The Morgan fingerprint density at radius 1 is 0.828 bits per heavy atom. The third-order valence-corrected chi connectivity index (χ3v) is 4.15. The average Bonchev–Trinajstić information content (AvgIpc) is 2.75. The summed E-state index contributed by atoms with van der Waals surface area (Å²) in [5.74, 6) is 2.04. The van der Waals surface area contributed by atoms with Crippen LogP contribution >= 0.6 is 0 Å². The minimum atomic E-state index is -0.405. The largest absolute Gasteiger partial charge is 0.493 e. The molecule has 2 aromatic rings. The van der Waals surface area contributed by atoms with Gasteiger partial charge in [-0.2, -0.15) is 0 Å². The number of carbonyl (C=O) groups is 1. The molecule has 0 radical (unpaired) electrons. The van der Waals surface area contributed by atoms with Crippen molar-refractivity contribution in [3.05, 3.63) is 53.1 Å². The number of carbonyl (C=O) groups excluding carboxylic acids is 1. The summed E-state index contributed by atoms with van der Waals surface area (Å²) in [4.78, 5) is 11.7. The summed E-state index contributed by atoms with van der Waals surface area (Å²) in [6, 6.07) is 9.26. The van der Waals surface area contributed by atoms with Gasteiger partial charge < -0.3 is 23.7 Å². The highest BCUT2D eigenvalue weighted by Gasteiger charge is 2.12. The third kappa shape index (κ3) is 5.54. The standard InChI is InChI=1S/C23H26O6/c1-6-29-22(24)14-10-17-9-13-20(26-3)23(28-5)18(17)11-7-16-8-12-19(25-2)21(15-16)27-4/h7-15H,6H2,1-5H3/b11-7+,14-10+. The normalized spacial score (nSPS) is 10.9. The minimum Gasteiger partial charge on any atom is -0.493 e. The number of esters is 1. The number of ether oxygens (including phenoxy) is 5. The van der Waals surface area contributed by atoms with Gasteiger partial charge in [-0.05, 0) is 48.4 Å². The van der Waals surface area contributed by atoms with Gasteiger partial charge in [0.25, 0.3) is 0 Å². The zero-order valence-corrected chi connectivity index (χ0v) is 17.4. The molecule has 0 fully saturated rings. The number of benzene rings is 2. The maximum Gasteiger partial charge on any atom is 0.330 e. The van der Waals surface area contributed by atoms with Crippen molar-refractivity contribution >= 4 is 24.2 Å². The van der Waals surface area contributed by atoms with E-state index in [2.05, 4.69) is 0 Å². The first-order chi connectivity index (χ1) is 14.1. The fourth-order valence-electron chi connectivity index (χ4n) is 2.77. The van der Waals surface area contributed by atoms with Crippen molar-refractivity contribution in [1.82, 2.24) is 0 Å². The van der Waals surface area contributed by atoms with Crippen LogP contribution in [0.25, 0.3) is 18.2 Å². The van der Waals surface area contributed by atoms with Crippen LogP contribution < -0.4 is 18.9 Å². The molecule has 2 aromatic carbocycles. The van der Waals surface area contributed by atoms with Crippen molar-refractivity contribution < 1.29 is 28.5 Å². The van der Waals surface area contributed by atoms with Gasteiger partial charge in [0.2, 0.25) is 0 Å². The molecule has 6 heteroatoms. The van der Waals surface area contributed by atoms with E-state index in [1.165, 1.54) is 6.08 Å². The van der Waals surface area contributed by atoms with Crippen molar-refractivity contribution in [3.63, 3.8) is 0 Å². The smallest absolute Gasteiger partial charge is 0.330 e. The van der Waals surface area contributed by atoms with Gasteiger partial charge in [0.15, 0.2) is 23.0 Å². The maximum atomic E-state index is 11.7. The predicted molar refractivity (Wildman–Crippen MR) is 114 cm³/mol. The minimum absolute atomic E-state index is 0.321. The number of hydrogen-bond acceptors (Lipinski definition) is 6. The molecule has 0 spiro atoms. The zero-order valence-electron chi connectivity index (χ0n) is 17.4. The summed E-state index contributed by atoms with van der Waals surface area (Å²) >= 11 is 0. The van der Waals surface area contributed by atoms with Gasteiger partial charge in [-0.25, -0.2) is 4.79 Å². The lowest BCUT2D eigenvalue weighted by molar-refractivity contribution is -0.137. The van der Waals surface area contributed by atoms with Crippen molar-refractivity contribution in [3.8, 4) is 23.0 Å². The number of hydrogen-bond donors (Lipinski definition) is 0. The molecule has 29 heavy (non-hydrogen) atoms. The van der Waals surface area contributed by atoms with Gasteiger partial charge in [-0.1, -0.05) is 18.2 Å². The molecule has 6 nitrogen and oxygen atoms in total. The predicted octanol–water partition coefficient (Wildman–Crippen LogP) is 4.47. The first-order valence-corrected chi connectivity index (χ1v) is 9.07. The summed E-state index contributed by atoms with van der Waals surface area (Å²) in [6.45, 7) is 2.08. The molecule has 0 atom stereocenters. The summed E-state index contributed by atoms with van der Waals surface area (Å²) in [7, 11) is 6.34. The van der Waals surface area contributed by atoms with Gasteiger partial charge in [0, 0.05) is 11.6 Å². The van der Waals surface area contributed by atoms with Gasteiger partial charge in [-0.3, -0.25) is 0 Å². The van der Waals surface area contributed by atoms with Crippen LogP contribution in [0.3, 0.4) is 0 Å². The highest BCUT2D eigenvalue weighted by atomic mass is 16.5. The molecule has 0 bridgehead atoms. The van der Waals surface area contributed by atoms with E-state index in [0.29, 0.717) is 29.6 Å². The van der Waals surface area contributed by atoms with Crippen LogP contribution in [0.15, 0.2) is 36.4 Å². The Kier molecular flexibility index (Phi) is 8.15. The van der Waals surface area contributed by atoms with Gasteiger partial charge in [0.1, 0.15) is 0 Å². The lowest BCUT2D eigenvalue weighted by Crippen LogP contribution is -1.99. The Morgan fingerprint density at radius 3 is 2.14 bits per heavy atom. The third-order valence-electron chi connectivity index (χ3n) is 4.15. The second-order valence-corrected chi connectivity index (χ2v) is 5.84. The lowest BCUT2D eigenvalue weighted by atomic mass is 10.0. The molecule has 2 rings (SSSR count). The summed E-state index contributed by atoms with van der Waals surface area (Å²) in [5.41, 5.74) is 2.46. The molecule has 0 aromatic heterocycles. The van der Waals surface area contributed by atoms with Crippen LogP contribution in [0.2, 0.25) is 0 Å². The fraction of sp³-hybridized carbons (Fsp3) is 0.261. The number of rotatable bonds is 9. The molecule has 0 N–H and O–H groups in total. The first-order valence-electron chi connectivity index (χ1n) is 9.07. The van der Waals surface area contributed by atoms with Crippen molar-refractivity contribution in [1.29, 1.82) is 0 Å². The van der Waals surface area contributed by atoms with Gasteiger partial charge in [0.05, 0.1) is 35.0 Å². The van der Waals surface area contributed by atoms with E-state index in [0.717, 1.165) is 16.7 Å². The molecular weight excluding hydrogens is 372 g/mol. The van der Waals surface area contributed by atoms with Crippen LogP contribution in [0.4, 0.5) is 0 Å². The molecule has 0 heterocycles. The maximum absolute atomic E-state index is 11.7. The van der Waals surface area contributed by atoms with Crippen LogP contribution in [-0.4, -0.2) is 41.0 Å². The van der Waals surface area contributed by atoms with E-state index < -0.39 is 5.97 Å². The Balaban J connectivity index is 2.48. The van der Waals surface area contributed by atoms with Crippen LogP contribution in [0, 0.1) is 0 Å². The molecule has 154 valence electrons. The van der Waals surface area contributed by atoms with Crippen molar-refractivity contribution in [2.45, 2.75) is 6.92 Å². The Labute approximate surface area is 171 Å². The van der Waals surface area contributed by atoms with Crippen LogP contribution in [-0.2, 0) is 9.53 Å². The molecule has 0 aliphatic rings. The van der Waals surface area contributed by atoms with Crippen molar-refractivity contribution in [2.75, 3.05) is 35.0 Å². The molecule has 0 unspecified atom stereocenters. The van der Waals surface area contributed by atoms with E-state index >= 15 is 0 Å². The molecular formula is C23H26O6. The second kappa shape index (κ2) is 10.8. The Hall–Kier alpha value is -3.41. The van der Waals surface area contributed by atoms with Gasteiger partial charge >= 0.3 is 5.97 Å². The summed E-state index contributed by atoms with van der Waals surface area (Å²) in [5, 5.41) is 0. The molecule has 0 aliphatic heterocycles. The first kappa shape index (κ1) is 21.9. The highest BCUT2D eigenvalue weighted by molar-refractivity contribution is 5.89.